The molecule has 2 unspecified atom stereocenters. The minimum absolute atomic E-state index is 0.316. The highest BCUT2D eigenvalue weighted by atomic mass is 16.4. The van der Waals surface area contributed by atoms with Crippen LogP contribution in [0.3, 0.4) is 0 Å². The Hall–Kier alpha value is -0.610. The van der Waals surface area contributed by atoms with Crippen LogP contribution in [-0.4, -0.2) is 47.3 Å². The van der Waals surface area contributed by atoms with Crippen LogP contribution in [0.4, 0.5) is 0 Å². The SMILES string of the molecule is CC(CN(C)CC(O)CC1CCCC1)C(=O)O. The van der Waals surface area contributed by atoms with E-state index in [-0.39, 0.29) is 12.0 Å². The molecule has 1 aliphatic rings. The van der Waals surface area contributed by atoms with Gasteiger partial charge in [0.1, 0.15) is 0 Å². The molecule has 0 spiro atoms. The van der Waals surface area contributed by atoms with Gasteiger partial charge in [-0.15, -0.1) is 0 Å². The summed E-state index contributed by atoms with van der Waals surface area (Å²) in [5.41, 5.74) is 0. The maximum absolute atomic E-state index is 10.7. The summed E-state index contributed by atoms with van der Waals surface area (Å²) in [5, 5.41) is 18.7. The van der Waals surface area contributed by atoms with Crippen molar-refractivity contribution in [2.75, 3.05) is 20.1 Å². The van der Waals surface area contributed by atoms with Gasteiger partial charge in [0.15, 0.2) is 0 Å². The summed E-state index contributed by atoms with van der Waals surface area (Å²) in [5.74, 6) is -0.476. The van der Waals surface area contributed by atoms with E-state index in [0.29, 0.717) is 19.0 Å². The van der Waals surface area contributed by atoms with Crippen molar-refractivity contribution < 1.29 is 15.0 Å². The fourth-order valence-corrected chi connectivity index (χ4v) is 2.69. The first-order valence-electron chi connectivity index (χ1n) is 6.58. The van der Waals surface area contributed by atoms with E-state index in [0.717, 1.165) is 6.42 Å². The second-order valence-electron chi connectivity index (χ2n) is 5.50. The van der Waals surface area contributed by atoms with Crippen molar-refractivity contribution >= 4 is 5.97 Å². The second kappa shape index (κ2) is 6.97. The van der Waals surface area contributed by atoms with Gasteiger partial charge in [-0.25, -0.2) is 0 Å². The van der Waals surface area contributed by atoms with Gasteiger partial charge in [-0.05, 0) is 19.4 Å². The van der Waals surface area contributed by atoms with Crippen LogP contribution in [0.5, 0.6) is 0 Å². The number of aliphatic carboxylic acids is 1. The van der Waals surface area contributed by atoms with Crippen molar-refractivity contribution in [1.82, 2.24) is 4.90 Å². The highest BCUT2D eigenvalue weighted by molar-refractivity contribution is 5.69. The number of likely N-dealkylation sites (N-methyl/N-ethyl adjacent to an activating group) is 1. The Morgan fingerprint density at radius 2 is 1.94 bits per heavy atom. The summed E-state index contributed by atoms with van der Waals surface area (Å²) in [4.78, 5) is 12.6. The average molecular weight is 243 g/mol. The molecule has 0 aliphatic heterocycles. The van der Waals surface area contributed by atoms with E-state index in [4.69, 9.17) is 5.11 Å². The molecule has 4 nitrogen and oxygen atoms in total. The average Bonchev–Trinajstić information content (AvgIpc) is 2.69. The first-order valence-corrected chi connectivity index (χ1v) is 6.58. The predicted molar refractivity (Wildman–Crippen MR) is 66.9 cm³/mol. The van der Waals surface area contributed by atoms with E-state index in [1.165, 1.54) is 25.7 Å². The number of rotatable bonds is 7. The molecule has 1 fully saturated rings. The molecule has 0 aromatic heterocycles. The minimum Gasteiger partial charge on any atom is -0.481 e. The number of aliphatic hydroxyl groups is 1. The quantitative estimate of drug-likeness (QED) is 0.712. The topological polar surface area (TPSA) is 60.8 Å². The van der Waals surface area contributed by atoms with Crippen LogP contribution in [0, 0.1) is 11.8 Å². The van der Waals surface area contributed by atoms with Crippen LogP contribution in [0.2, 0.25) is 0 Å². The van der Waals surface area contributed by atoms with Crippen molar-refractivity contribution in [2.24, 2.45) is 11.8 Å². The summed E-state index contributed by atoms with van der Waals surface area (Å²) in [6.45, 7) is 2.77. The van der Waals surface area contributed by atoms with Crippen LogP contribution in [0.15, 0.2) is 0 Å². The number of aliphatic hydroxyl groups excluding tert-OH is 1. The van der Waals surface area contributed by atoms with E-state index >= 15 is 0 Å². The number of carboxylic acids is 1. The molecule has 0 radical (unpaired) electrons. The number of hydrogen-bond donors (Lipinski definition) is 2. The van der Waals surface area contributed by atoms with Gasteiger partial charge < -0.3 is 15.1 Å². The standard InChI is InChI=1S/C13H25NO3/c1-10(13(16)17)8-14(2)9-12(15)7-11-5-3-4-6-11/h10-12,15H,3-9H2,1-2H3,(H,16,17). The molecular formula is C13H25NO3. The first-order chi connectivity index (χ1) is 7.99. The maximum Gasteiger partial charge on any atom is 0.307 e. The molecule has 1 saturated carbocycles. The van der Waals surface area contributed by atoms with Crippen molar-refractivity contribution in [1.29, 1.82) is 0 Å². The molecule has 17 heavy (non-hydrogen) atoms. The monoisotopic (exact) mass is 243 g/mol. The van der Waals surface area contributed by atoms with Gasteiger partial charge in [0, 0.05) is 13.1 Å². The number of nitrogens with zero attached hydrogens (tertiary/aromatic N) is 1. The van der Waals surface area contributed by atoms with Gasteiger partial charge in [-0.1, -0.05) is 32.6 Å². The lowest BCUT2D eigenvalue weighted by Gasteiger charge is -2.23. The summed E-state index contributed by atoms with van der Waals surface area (Å²) >= 11 is 0. The van der Waals surface area contributed by atoms with Gasteiger partial charge >= 0.3 is 5.97 Å². The predicted octanol–water partition coefficient (Wildman–Crippen LogP) is 1.58. The zero-order valence-corrected chi connectivity index (χ0v) is 10.9. The third kappa shape index (κ3) is 5.50. The van der Waals surface area contributed by atoms with E-state index in [9.17, 15) is 9.90 Å². The molecule has 0 heterocycles. The van der Waals surface area contributed by atoms with E-state index < -0.39 is 5.97 Å². The third-order valence-corrected chi connectivity index (χ3v) is 3.61. The Labute approximate surface area is 104 Å². The van der Waals surface area contributed by atoms with E-state index in [1.807, 2.05) is 11.9 Å². The molecule has 1 rings (SSSR count). The molecule has 0 aromatic carbocycles. The van der Waals surface area contributed by atoms with Crippen molar-refractivity contribution in [3.63, 3.8) is 0 Å². The number of carbonyl (C=O) groups is 1. The lowest BCUT2D eigenvalue weighted by atomic mass is 10.00. The Bertz CT molecular complexity index is 239. The molecule has 1 aliphatic carbocycles. The Morgan fingerprint density at radius 1 is 1.35 bits per heavy atom. The van der Waals surface area contributed by atoms with E-state index in [1.54, 1.807) is 6.92 Å². The smallest absolute Gasteiger partial charge is 0.307 e. The van der Waals surface area contributed by atoms with Crippen LogP contribution >= 0.6 is 0 Å². The summed E-state index contributed by atoms with van der Waals surface area (Å²) in [7, 11) is 1.87. The molecule has 0 saturated heterocycles. The molecule has 100 valence electrons. The molecule has 0 amide bonds. The molecule has 4 heteroatoms. The largest absolute Gasteiger partial charge is 0.481 e. The summed E-state index contributed by atoms with van der Waals surface area (Å²) in [6, 6.07) is 0. The molecule has 0 aromatic rings. The number of carboxylic acid groups (broad SMARTS) is 1. The van der Waals surface area contributed by atoms with Gasteiger partial charge in [0.25, 0.3) is 0 Å². The van der Waals surface area contributed by atoms with Crippen LogP contribution in [0.1, 0.15) is 39.0 Å². The normalized spacial score (nSPS) is 20.7. The highest BCUT2D eigenvalue weighted by Crippen LogP contribution is 2.28. The molecular weight excluding hydrogens is 218 g/mol. The zero-order chi connectivity index (χ0) is 12.8. The van der Waals surface area contributed by atoms with Gasteiger partial charge in [-0.2, -0.15) is 0 Å². The summed E-state index contributed by atoms with van der Waals surface area (Å²) < 4.78 is 0. The highest BCUT2D eigenvalue weighted by Gasteiger charge is 2.21. The molecule has 2 N–H and O–H groups in total. The Kier molecular flexibility index (Phi) is 5.92. The molecule has 0 bridgehead atoms. The number of hydrogen-bond acceptors (Lipinski definition) is 3. The van der Waals surface area contributed by atoms with Crippen molar-refractivity contribution in [2.45, 2.75) is 45.1 Å². The third-order valence-electron chi connectivity index (χ3n) is 3.61. The zero-order valence-electron chi connectivity index (χ0n) is 10.9. The van der Waals surface area contributed by atoms with Crippen LogP contribution in [0.25, 0.3) is 0 Å². The fourth-order valence-electron chi connectivity index (χ4n) is 2.69. The first kappa shape index (κ1) is 14.5. The summed E-state index contributed by atoms with van der Waals surface area (Å²) in [6.07, 6.45) is 5.63. The van der Waals surface area contributed by atoms with Crippen LogP contribution < -0.4 is 0 Å². The van der Waals surface area contributed by atoms with Gasteiger partial charge in [0.2, 0.25) is 0 Å². The van der Waals surface area contributed by atoms with Crippen LogP contribution in [-0.2, 0) is 4.79 Å². The lowest BCUT2D eigenvalue weighted by molar-refractivity contribution is -0.141. The Morgan fingerprint density at radius 3 is 2.47 bits per heavy atom. The minimum atomic E-state index is -0.776. The van der Waals surface area contributed by atoms with Gasteiger partial charge in [-0.3, -0.25) is 4.79 Å². The van der Waals surface area contributed by atoms with Crippen molar-refractivity contribution in [3.8, 4) is 0 Å². The Balaban J connectivity index is 2.20. The maximum atomic E-state index is 10.7. The second-order valence-corrected chi connectivity index (χ2v) is 5.50. The lowest BCUT2D eigenvalue weighted by Crippen LogP contribution is -2.35. The molecule has 2 atom stereocenters. The van der Waals surface area contributed by atoms with E-state index in [2.05, 4.69) is 0 Å². The van der Waals surface area contributed by atoms with Crippen molar-refractivity contribution in [3.05, 3.63) is 0 Å². The van der Waals surface area contributed by atoms with Gasteiger partial charge in [0.05, 0.1) is 12.0 Å². The fraction of sp³-hybridized carbons (Fsp3) is 0.923.